The first-order valence-corrected chi connectivity index (χ1v) is 7.57. The number of benzene rings is 1. The Bertz CT molecular complexity index is 447. The molecule has 1 rings (SSSR count). The maximum atomic E-state index is 11.8. The standard InChI is InChI=1S/C16H27N3O2/c1-4-18-16(20)13-7-8-14(17)15(11-13)19-9-5-6-10-21-12(2)3/h7-8,11-12,19H,4-6,9-10,17H2,1-3H3,(H,18,20). The maximum absolute atomic E-state index is 11.8. The van der Waals surface area contributed by atoms with Crippen molar-refractivity contribution in [1.29, 1.82) is 0 Å². The van der Waals surface area contributed by atoms with E-state index >= 15 is 0 Å². The van der Waals surface area contributed by atoms with Crippen LogP contribution in [0.4, 0.5) is 11.4 Å². The molecule has 0 saturated carbocycles. The molecular formula is C16H27N3O2. The molecular weight excluding hydrogens is 266 g/mol. The zero-order valence-corrected chi connectivity index (χ0v) is 13.2. The van der Waals surface area contributed by atoms with Gasteiger partial charge in [0.2, 0.25) is 0 Å². The van der Waals surface area contributed by atoms with E-state index in [1.54, 1.807) is 18.2 Å². The molecule has 4 N–H and O–H groups in total. The summed E-state index contributed by atoms with van der Waals surface area (Å²) >= 11 is 0. The van der Waals surface area contributed by atoms with E-state index in [4.69, 9.17) is 10.5 Å². The normalized spacial score (nSPS) is 10.7. The summed E-state index contributed by atoms with van der Waals surface area (Å²) in [6.07, 6.45) is 2.28. The summed E-state index contributed by atoms with van der Waals surface area (Å²) < 4.78 is 5.49. The van der Waals surface area contributed by atoms with Crippen LogP contribution in [0.2, 0.25) is 0 Å². The van der Waals surface area contributed by atoms with E-state index in [0.717, 1.165) is 31.7 Å². The molecule has 0 heterocycles. The molecule has 0 aliphatic rings. The molecule has 1 amide bonds. The average molecular weight is 293 g/mol. The Morgan fingerprint density at radius 3 is 2.76 bits per heavy atom. The first-order chi connectivity index (χ1) is 10.0. The van der Waals surface area contributed by atoms with Crippen molar-refractivity contribution in [2.24, 2.45) is 0 Å². The quantitative estimate of drug-likeness (QED) is 0.483. The predicted octanol–water partition coefficient (Wildman–Crippen LogP) is 2.64. The molecule has 5 heteroatoms. The van der Waals surface area contributed by atoms with Gasteiger partial charge in [-0.3, -0.25) is 4.79 Å². The smallest absolute Gasteiger partial charge is 0.251 e. The lowest BCUT2D eigenvalue weighted by Gasteiger charge is -2.12. The van der Waals surface area contributed by atoms with Gasteiger partial charge in [-0.05, 0) is 51.8 Å². The lowest BCUT2D eigenvalue weighted by atomic mass is 10.1. The van der Waals surface area contributed by atoms with E-state index in [2.05, 4.69) is 10.6 Å². The van der Waals surface area contributed by atoms with Crippen molar-refractivity contribution in [3.63, 3.8) is 0 Å². The van der Waals surface area contributed by atoms with Gasteiger partial charge in [0.15, 0.2) is 0 Å². The molecule has 0 saturated heterocycles. The fourth-order valence-electron chi connectivity index (χ4n) is 1.88. The van der Waals surface area contributed by atoms with Crippen LogP contribution in [0.3, 0.4) is 0 Å². The molecule has 0 radical (unpaired) electrons. The summed E-state index contributed by atoms with van der Waals surface area (Å²) in [5, 5.41) is 6.06. The molecule has 0 spiro atoms. The Kier molecular flexibility index (Phi) is 7.61. The van der Waals surface area contributed by atoms with Crippen LogP contribution >= 0.6 is 0 Å². The highest BCUT2D eigenvalue weighted by Crippen LogP contribution is 2.20. The average Bonchev–Trinajstić information content (AvgIpc) is 2.44. The zero-order chi connectivity index (χ0) is 15.7. The third kappa shape index (κ3) is 6.49. The third-order valence-corrected chi connectivity index (χ3v) is 2.99. The number of amides is 1. The highest BCUT2D eigenvalue weighted by molar-refractivity contribution is 5.96. The second-order valence-electron chi connectivity index (χ2n) is 5.21. The van der Waals surface area contributed by atoms with Crippen molar-refractivity contribution >= 4 is 17.3 Å². The number of carbonyl (C=O) groups is 1. The van der Waals surface area contributed by atoms with Crippen LogP contribution in [0.15, 0.2) is 18.2 Å². The Morgan fingerprint density at radius 2 is 2.10 bits per heavy atom. The van der Waals surface area contributed by atoms with Crippen LogP contribution in [0, 0.1) is 0 Å². The van der Waals surface area contributed by atoms with Crippen LogP contribution in [-0.4, -0.2) is 31.7 Å². The van der Waals surface area contributed by atoms with Gasteiger partial charge in [-0.2, -0.15) is 0 Å². The number of rotatable bonds is 9. The van der Waals surface area contributed by atoms with E-state index in [1.165, 1.54) is 0 Å². The lowest BCUT2D eigenvalue weighted by molar-refractivity contribution is 0.0765. The van der Waals surface area contributed by atoms with Gasteiger partial charge in [0.1, 0.15) is 0 Å². The lowest BCUT2D eigenvalue weighted by Crippen LogP contribution is -2.22. The van der Waals surface area contributed by atoms with Crippen molar-refractivity contribution in [3.05, 3.63) is 23.8 Å². The van der Waals surface area contributed by atoms with Crippen molar-refractivity contribution in [3.8, 4) is 0 Å². The monoisotopic (exact) mass is 293 g/mol. The molecule has 118 valence electrons. The van der Waals surface area contributed by atoms with Gasteiger partial charge < -0.3 is 21.1 Å². The van der Waals surface area contributed by atoms with Gasteiger partial charge in [-0.25, -0.2) is 0 Å². The van der Waals surface area contributed by atoms with Crippen LogP contribution in [-0.2, 0) is 4.74 Å². The van der Waals surface area contributed by atoms with Gasteiger partial charge >= 0.3 is 0 Å². The topological polar surface area (TPSA) is 76.4 Å². The van der Waals surface area contributed by atoms with Crippen molar-refractivity contribution in [2.75, 3.05) is 30.7 Å². The fourth-order valence-corrected chi connectivity index (χ4v) is 1.88. The number of hydrogen-bond donors (Lipinski definition) is 3. The van der Waals surface area contributed by atoms with Gasteiger partial charge in [0.25, 0.3) is 5.91 Å². The second-order valence-corrected chi connectivity index (χ2v) is 5.21. The van der Waals surface area contributed by atoms with Crippen LogP contribution in [0.25, 0.3) is 0 Å². The number of anilines is 2. The predicted molar refractivity (Wildman–Crippen MR) is 87.7 cm³/mol. The van der Waals surface area contributed by atoms with E-state index in [0.29, 0.717) is 17.8 Å². The summed E-state index contributed by atoms with van der Waals surface area (Å²) in [7, 11) is 0. The Morgan fingerprint density at radius 1 is 1.33 bits per heavy atom. The minimum atomic E-state index is -0.0779. The van der Waals surface area contributed by atoms with Gasteiger partial charge in [0.05, 0.1) is 17.5 Å². The number of carbonyl (C=O) groups excluding carboxylic acids is 1. The summed E-state index contributed by atoms with van der Waals surface area (Å²) in [5.74, 6) is -0.0779. The Balaban J connectivity index is 2.43. The first kappa shape index (κ1) is 17.3. The number of nitrogens with two attached hydrogens (primary N) is 1. The third-order valence-electron chi connectivity index (χ3n) is 2.99. The molecule has 0 bridgehead atoms. The first-order valence-electron chi connectivity index (χ1n) is 7.57. The van der Waals surface area contributed by atoms with Crippen molar-refractivity contribution in [2.45, 2.75) is 39.7 Å². The second kappa shape index (κ2) is 9.23. The summed E-state index contributed by atoms with van der Waals surface area (Å²) in [6.45, 7) is 8.16. The largest absolute Gasteiger partial charge is 0.397 e. The van der Waals surface area contributed by atoms with Crippen LogP contribution in [0.5, 0.6) is 0 Å². The number of ether oxygens (including phenoxy) is 1. The molecule has 1 aromatic carbocycles. The van der Waals surface area contributed by atoms with E-state index in [1.807, 2.05) is 20.8 Å². The van der Waals surface area contributed by atoms with Gasteiger partial charge in [-0.15, -0.1) is 0 Å². The number of nitrogens with one attached hydrogen (secondary N) is 2. The van der Waals surface area contributed by atoms with Gasteiger partial charge in [0, 0.05) is 25.3 Å². The minimum absolute atomic E-state index is 0.0779. The molecule has 0 aliphatic carbocycles. The SMILES string of the molecule is CCNC(=O)c1ccc(N)c(NCCCCOC(C)C)c1. The Labute approximate surface area is 127 Å². The zero-order valence-electron chi connectivity index (χ0n) is 13.2. The summed E-state index contributed by atoms with van der Waals surface area (Å²) in [4.78, 5) is 11.8. The molecule has 1 aromatic rings. The summed E-state index contributed by atoms with van der Waals surface area (Å²) in [5.41, 5.74) is 8.01. The van der Waals surface area contributed by atoms with Gasteiger partial charge in [-0.1, -0.05) is 0 Å². The molecule has 0 unspecified atom stereocenters. The molecule has 0 atom stereocenters. The number of unbranched alkanes of at least 4 members (excludes halogenated alkanes) is 1. The maximum Gasteiger partial charge on any atom is 0.251 e. The minimum Gasteiger partial charge on any atom is -0.397 e. The molecule has 21 heavy (non-hydrogen) atoms. The van der Waals surface area contributed by atoms with Crippen LogP contribution in [0.1, 0.15) is 44.0 Å². The number of hydrogen-bond acceptors (Lipinski definition) is 4. The van der Waals surface area contributed by atoms with Crippen LogP contribution < -0.4 is 16.4 Å². The molecule has 0 aliphatic heterocycles. The fraction of sp³-hybridized carbons (Fsp3) is 0.562. The van der Waals surface area contributed by atoms with E-state index < -0.39 is 0 Å². The molecule has 0 aromatic heterocycles. The number of nitrogen functional groups attached to an aromatic ring is 1. The van der Waals surface area contributed by atoms with Crippen molar-refractivity contribution in [1.82, 2.24) is 5.32 Å². The molecule has 5 nitrogen and oxygen atoms in total. The summed E-state index contributed by atoms with van der Waals surface area (Å²) in [6, 6.07) is 5.29. The highest BCUT2D eigenvalue weighted by Gasteiger charge is 2.07. The van der Waals surface area contributed by atoms with Crippen molar-refractivity contribution < 1.29 is 9.53 Å². The molecule has 0 fully saturated rings. The van der Waals surface area contributed by atoms with E-state index in [9.17, 15) is 4.79 Å². The highest BCUT2D eigenvalue weighted by atomic mass is 16.5. The Hall–Kier alpha value is -1.75. The van der Waals surface area contributed by atoms with E-state index in [-0.39, 0.29) is 12.0 Å².